The smallest absolute Gasteiger partial charge is 0.243 e. The number of nitrogens with two attached hydrogens (primary N) is 1. The van der Waals surface area contributed by atoms with Gasteiger partial charge in [0.15, 0.2) is 0 Å². The maximum atomic E-state index is 13.9. The molecule has 5 nitrogen and oxygen atoms in total. The van der Waals surface area contributed by atoms with Gasteiger partial charge in [-0.2, -0.15) is 4.31 Å². The first kappa shape index (κ1) is 17.6. The van der Waals surface area contributed by atoms with Gasteiger partial charge < -0.3 is 10.8 Å². The monoisotopic (exact) mass is 314 g/mol. The maximum Gasteiger partial charge on any atom is 0.243 e. The first-order chi connectivity index (χ1) is 9.84. The summed E-state index contributed by atoms with van der Waals surface area (Å²) in [4.78, 5) is -0.166. The third-order valence-electron chi connectivity index (χ3n) is 2.77. The van der Waals surface area contributed by atoms with Crippen molar-refractivity contribution in [3.63, 3.8) is 0 Å². The summed E-state index contributed by atoms with van der Waals surface area (Å²) >= 11 is 0. The Balaban J connectivity index is 3.23. The molecule has 1 aromatic carbocycles. The van der Waals surface area contributed by atoms with Crippen LogP contribution in [0.5, 0.6) is 0 Å². The van der Waals surface area contributed by atoms with Gasteiger partial charge in [0, 0.05) is 12.6 Å². The summed E-state index contributed by atoms with van der Waals surface area (Å²) in [7, 11) is -3.86. The molecule has 0 heterocycles. The minimum absolute atomic E-state index is 0.0453. The molecule has 0 aliphatic carbocycles. The summed E-state index contributed by atoms with van der Waals surface area (Å²) in [6.45, 7) is 3.11. The van der Waals surface area contributed by atoms with E-state index in [1.54, 1.807) is 13.8 Å². The second-order valence-corrected chi connectivity index (χ2v) is 6.47. The second-order valence-electron chi connectivity index (χ2n) is 4.58. The molecule has 0 saturated carbocycles. The Hall–Kier alpha value is -1.46. The average molecular weight is 314 g/mol. The van der Waals surface area contributed by atoms with Gasteiger partial charge in [-0.1, -0.05) is 11.8 Å². The molecule has 0 fully saturated rings. The number of hydrogen-bond acceptors (Lipinski definition) is 4. The molecule has 7 heteroatoms. The van der Waals surface area contributed by atoms with Crippen molar-refractivity contribution >= 4 is 10.0 Å². The molecule has 0 atom stereocenters. The molecule has 21 heavy (non-hydrogen) atoms. The van der Waals surface area contributed by atoms with Crippen molar-refractivity contribution in [2.75, 3.05) is 19.7 Å². The Morgan fingerprint density at radius 1 is 1.43 bits per heavy atom. The summed E-state index contributed by atoms with van der Waals surface area (Å²) < 4.78 is 39.9. The van der Waals surface area contributed by atoms with Crippen molar-refractivity contribution < 1.29 is 17.9 Å². The highest BCUT2D eigenvalue weighted by Gasteiger charge is 2.27. The first-order valence-corrected chi connectivity index (χ1v) is 7.89. The summed E-state index contributed by atoms with van der Waals surface area (Å²) in [5.74, 6) is 4.32. The molecule has 0 spiro atoms. The number of hydrogen-bond donors (Lipinski definition) is 2. The van der Waals surface area contributed by atoms with Crippen LogP contribution < -0.4 is 5.73 Å². The summed E-state index contributed by atoms with van der Waals surface area (Å²) in [5, 5.41) is 8.98. The van der Waals surface area contributed by atoms with Gasteiger partial charge in [0.2, 0.25) is 10.0 Å². The van der Waals surface area contributed by atoms with E-state index in [0.717, 1.165) is 10.4 Å². The van der Waals surface area contributed by atoms with Crippen LogP contribution in [0.15, 0.2) is 23.1 Å². The zero-order valence-corrected chi connectivity index (χ0v) is 12.8. The number of rotatable bonds is 5. The Morgan fingerprint density at radius 3 is 2.57 bits per heavy atom. The van der Waals surface area contributed by atoms with Crippen molar-refractivity contribution in [2.24, 2.45) is 5.73 Å². The molecule has 0 unspecified atom stereocenters. The average Bonchev–Trinajstić information content (AvgIpc) is 2.42. The highest BCUT2D eigenvalue weighted by Crippen LogP contribution is 2.20. The summed E-state index contributed by atoms with van der Waals surface area (Å²) in [6, 6.07) is 3.19. The zero-order valence-electron chi connectivity index (χ0n) is 12.0. The molecule has 0 saturated heterocycles. The fraction of sp³-hybridized carbons (Fsp3) is 0.429. The van der Waals surface area contributed by atoms with E-state index >= 15 is 0 Å². The van der Waals surface area contributed by atoms with Crippen LogP contribution in [-0.2, 0) is 10.0 Å². The highest BCUT2D eigenvalue weighted by atomic mass is 32.2. The van der Waals surface area contributed by atoms with Crippen molar-refractivity contribution in [3.05, 3.63) is 29.6 Å². The van der Waals surface area contributed by atoms with E-state index in [2.05, 4.69) is 11.8 Å². The lowest BCUT2D eigenvalue weighted by molar-refractivity contribution is 0.236. The second kappa shape index (κ2) is 7.52. The summed E-state index contributed by atoms with van der Waals surface area (Å²) in [5.41, 5.74) is 5.30. The van der Waals surface area contributed by atoms with Crippen molar-refractivity contribution in [1.82, 2.24) is 4.31 Å². The minimum atomic E-state index is -3.86. The largest absolute Gasteiger partial charge is 0.395 e. The number of aliphatic hydroxyl groups is 1. The van der Waals surface area contributed by atoms with Crippen molar-refractivity contribution in [2.45, 2.75) is 24.8 Å². The third kappa shape index (κ3) is 4.25. The lowest BCUT2D eigenvalue weighted by Crippen LogP contribution is -2.39. The fourth-order valence-corrected chi connectivity index (χ4v) is 3.43. The van der Waals surface area contributed by atoms with Gasteiger partial charge in [0.25, 0.3) is 0 Å². The third-order valence-corrected chi connectivity index (χ3v) is 4.84. The van der Waals surface area contributed by atoms with Gasteiger partial charge in [0.05, 0.1) is 23.6 Å². The number of halogens is 1. The molecule has 0 aliphatic rings. The van der Waals surface area contributed by atoms with E-state index < -0.39 is 15.8 Å². The topological polar surface area (TPSA) is 83.6 Å². The molecule has 1 aromatic rings. The SMILES string of the molecule is CC(C)N(CCO)S(=O)(=O)c1ccc(C#CCN)c(F)c1. The van der Waals surface area contributed by atoms with Crippen LogP contribution in [0.25, 0.3) is 0 Å². The number of aliphatic hydroxyl groups excluding tert-OH is 1. The Labute approximate surface area is 124 Å². The van der Waals surface area contributed by atoms with Crippen LogP contribution in [0, 0.1) is 17.7 Å². The Bertz CT molecular complexity index is 648. The van der Waals surface area contributed by atoms with E-state index in [9.17, 15) is 12.8 Å². The zero-order chi connectivity index (χ0) is 16.0. The molecule has 1 rings (SSSR count). The molecular weight excluding hydrogens is 295 g/mol. The molecule has 0 aliphatic heterocycles. The number of benzene rings is 1. The van der Waals surface area contributed by atoms with Gasteiger partial charge in [-0.25, -0.2) is 12.8 Å². The predicted molar refractivity (Wildman–Crippen MR) is 78.4 cm³/mol. The van der Waals surface area contributed by atoms with Crippen LogP contribution >= 0.6 is 0 Å². The Kier molecular flexibility index (Phi) is 6.30. The maximum absolute atomic E-state index is 13.9. The van der Waals surface area contributed by atoms with Crippen LogP contribution in [0.4, 0.5) is 4.39 Å². The molecule has 0 radical (unpaired) electrons. The van der Waals surface area contributed by atoms with Gasteiger partial charge in [-0.05, 0) is 32.0 Å². The van der Waals surface area contributed by atoms with E-state index in [1.165, 1.54) is 12.1 Å². The predicted octanol–water partition coefficient (Wildman–Crippen LogP) is 0.527. The van der Waals surface area contributed by atoms with Crippen LogP contribution in [0.2, 0.25) is 0 Å². The normalized spacial score (nSPS) is 11.6. The van der Waals surface area contributed by atoms with Crippen LogP contribution in [-0.4, -0.2) is 43.6 Å². The lowest BCUT2D eigenvalue weighted by Gasteiger charge is -2.25. The standard InChI is InChI=1S/C14H19FN2O3S/c1-11(2)17(8-9-18)21(19,20)13-6-5-12(4-3-7-16)14(15)10-13/h5-6,10-11,18H,7-9,16H2,1-2H3. The molecule has 0 amide bonds. The van der Waals surface area contributed by atoms with Gasteiger partial charge in [-0.15, -0.1) is 0 Å². The number of sulfonamides is 1. The van der Waals surface area contributed by atoms with Gasteiger partial charge in [0.1, 0.15) is 5.82 Å². The van der Waals surface area contributed by atoms with Gasteiger partial charge >= 0.3 is 0 Å². The van der Waals surface area contributed by atoms with Crippen LogP contribution in [0.3, 0.4) is 0 Å². The lowest BCUT2D eigenvalue weighted by atomic mass is 10.2. The van der Waals surface area contributed by atoms with E-state index in [4.69, 9.17) is 10.8 Å². The van der Waals surface area contributed by atoms with Crippen LogP contribution in [0.1, 0.15) is 19.4 Å². The van der Waals surface area contributed by atoms with Crippen molar-refractivity contribution in [3.8, 4) is 11.8 Å². The molecule has 3 N–H and O–H groups in total. The highest BCUT2D eigenvalue weighted by molar-refractivity contribution is 7.89. The molecule has 116 valence electrons. The quantitative estimate of drug-likeness (QED) is 0.777. The van der Waals surface area contributed by atoms with E-state index in [-0.39, 0.29) is 36.2 Å². The molecule has 0 bridgehead atoms. The first-order valence-electron chi connectivity index (χ1n) is 6.45. The number of nitrogens with zero attached hydrogens (tertiary/aromatic N) is 1. The van der Waals surface area contributed by atoms with Gasteiger partial charge in [-0.3, -0.25) is 0 Å². The van der Waals surface area contributed by atoms with E-state index in [1.807, 2.05) is 0 Å². The fourth-order valence-electron chi connectivity index (χ4n) is 1.79. The summed E-state index contributed by atoms with van der Waals surface area (Å²) in [6.07, 6.45) is 0. The molecular formula is C14H19FN2O3S. The Morgan fingerprint density at radius 2 is 2.10 bits per heavy atom. The van der Waals surface area contributed by atoms with Crippen molar-refractivity contribution in [1.29, 1.82) is 0 Å². The van der Waals surface area contributed by atoms with E-state index in [0.29, 0.717) is 0 Å². The minimum Gasteiger partial charge on any atom is -0.395 e. The molecule has 0 aromatic heterocycles.